The van der Waals surface area contributed by atoms with Crippen molar-refractivity contribution in [3.8, 4) is 0 Å². The molecule has 0 aliphatic rings. The molecule has 3 N–H and O–H groups in total. The number of nitrogens with two attached hydrogens (primary N) is 1. The zero-order valence-electron chi connectivity index (χ0n) is 15.3. The number of hydrogen-bond acceptors (Lipinski definition) is 6. The molecule has 0 fully saturated rings. The van der Waals surface area contributed by atoms with Gasteiger partial charge in [-0.2, -0.15) is 5.10 Å². The number of amides is 1. The van der Waals surface area contributed by atoms with Gasteiger partial charge in [0.1, 0.15) is 5.69 Å². The van der Waals surface area contributed by atoms with Gasteiger partial charge in [0.2, 0.25) is 5.91 Å². The van der Waals surface area contributed by atoms with E-state index in [0.29, 0.717) is 28.1 Å². The van der Waals surface area contributed by atoms with Gasteiger partial charge >= 0.3 is 0 Å². The van der Waals surface area contributed by atoms with E-state index in [2.05, 4.69) is 20.2 Å². The first kappa shape index (κ1) is 18.5. The second-order valence-electron chi connectivity index (χ2n) is 6.25. The Bertz CT molecular complexity index is 998. The molecule has 3 rings (SSSR count). The molecule has 0 saturated carbocycles. The minimum atomic E-state index is -0.582. The van der Waals surface area contributed by atoms with Gasteiger partial charge in [-0.1, -0.05) is 6.07 Å². The summed E-state index contributed by atoms with van der Waals surface area (Å²) < 4.78 is 14.8. The topological polar surface area (TPSA) is 104 Å². The van der Waals surface area contributed by atoms with Crippen LogP contribution in [0.5, 0.6) is 0 Å². The lowest BCUT2D eigenvalue weighted by molar-refractivity contribution is -0.118. The summed E-state index contributed by atoms with van der Waals surface area (Å²) in [5, 5.41) is 7.29. The van der Waals surface area contributed by atoms with Crippen LogP contribution in [-0.4, -0.2) is 58.7 Å². The maximum atomic E-state index is 14.8. The average molecular weight is 369 g/mol. The van der Waals surface area contributed by atoms with Crippen molar-refractivity contribution < 1.29 is 9.18 Å². The lowest BCUT2D eigenvalue weighted by Crippen LogP contribution is -2.35. The Morgan fingerprint density at radius 2 is 2.11 bits per heavy atom. The fraction of sp³-hybridized carbons (Fsp3) is 0.222. The number of halogens is 1. The number of fused-ring (bicyclic) bond motifs is 1. The summed E-state index contributed by atoms with van der Waals surface area (Å²) in [6.45, 7) is 0.207. The third-order valence-corrected chi connectivity index (χ3v) is 3.99. The van der Waals surface area contributed by atoms with Crippen molar-refractivity contribution in [1.82, 2.24) is 25.1 Å². The molecule has 0 aromatic carbocycles. The number of hydrogen-bond donors (Lipinski definition) is 2. The molecule has 8 nitrogen and oxygen atoms in total. The van der Waals surface area contributed by atoms with Crippen molar-refractivity contribution in [2.75, 3.05) is 32.6 Å². The molecule has 3 aromatic rings. The molecule has 0 atom stereocenters. The van der Waals surface area contributed by atoms with Crippen LogP contribution >= 0.6 is 0 Å². The maximum Gasteiger partial charge on any atom is 0.242 e. The van der Waals surface area contributed by atoms with Gasteiger partial charge in [0.05, 0.1) is 17.6 Å². The first-order valence-electron chi connectivity index (χ1n) is 8.22. The molecule has 0 spiro atoms. The molecule has 1 amide bonds. The van der Waals surface area contributed by atoms with Crippen molar-refractivity contribution >= 4 is 28.3 Å². The van der Waals surface area contributed by atoms with Gasteiger partial charge in [-0.05, 0) is 32.3 Å². The summed E-state index contributed by atoms with van der Waals surface area (Å²) in [7, 11) is 5.17. The van der Waals surface area contributed by atoms with Crippen molar-refractivity contribution in [3.63, 3.8) is 0 Å². The minimum Gasteiger partial charge on any atom is -0.404 e. The zero-order chi connectivity index (χ0) is 19.6. The molecule has 0 unspecified atom stereocenters. The van der Waals surface area contributed by atoms with Crippen molar-refractivity contribution in [2.45, 2.75) is 0 Å². The van der Waals surface area contributed by atoms with Crippen LogP contribution in [0.3, 0.4) is 0 Å². The predicted octanol–water partition coefficient (Wildman–Crippen LogP) is 1.36. The van der Waals surface area contributed by atoms with E-state index in [4.69, 9.17) is 5.73 Å². The molecule has 3 aromatic heterocycles. The van der Waals surface area contributed by atoms with Gasteiger partial charge < -0.3 is 10.6 Å². The third-order valence-electron chi connectivity index (χ3n) is 3.99. The average Bonchev–Trinajstić information content (AvgIpc) is 3.04. The Morgan fingerprint density at radius 3 is 2.74 bits per heavy atom. The quantitative estimate of drug-likeness (QED) is 0.704. The Balaban J connectivity index is 2.03. The molecule has 0 aliphatic heterocycles. The molecule has 0 radical (unpaired) electrons. The third kappa shape index (κ3) is 3.63. The Labute approximate surface area is 155 Å². The van der Waals surface area contributed by atoms with Gasteiger partial charge in [0, 0.05) is 25.0 Å². The number of aromatic amines is 1. The number of pyridine rings is 2. The monoisotopic (exact) mass is 369 g/mol. The fourth-order valence-electron chi connectivity index (χ4n) is 2.66. The molecule has 27 heavy (non-hydrogen) atoms. The fourth-order valence-corrected chi connectivity index (χ4v) is 2.66. The first-order valence-corrected chi connectivity index (χ1v) is 8.22. The van der Waals surface area contributed by atoms with E-state index in [1.807, 2.05) is 0 Å². The second-order valence-corrected chi connectivity index (χ2v) is 6.25. The number of nitrogens with zero attached hydrogens (tertiary/aromatic N) is 5. The van der Waals surface area contributed by atoms with E-state index < -0.39 is 5.82 Å². The Morgan fingerprint density at radius 1 is 1.33 bits per heavy atom. The van der Waals surface area contributed by atoms with Crippen LogP contribution in [0.4, 0.5) is 10.2 Å². The Hall–Kier alpha value is -3.33. The Kier molecular flexibility index (Phi) is 5.13. The normalized spacial score (nSPS) is 12.0. The van der Waals surface area contributed by atoms with Gasteiger partial charge in [-0.25, -0.2) is 9.37 Å². The van der Waals surface area contributed by atoms with Gasteiger partial charge in [-0.3, -0.25) is 19.8 Å². The van der Waals surface area contributed by atoms with Crippen LogP contribution in [0.15, 0.2) is 36.7 Å². The number of carbonyl (C=O) groups is 1. The van der Waals surface area contributed by atoms with Crippen molar-refractivity contribution in [1.29, 1.82) is 0 Å². The largest absolute Gasteiger partial charge is 0.404 e. The number of H-pyrrole nitrogens is 1. The summed E-state index contributed by atoms with van der Waals surface area (Å²) in [6, 6.07) is 6.55. The maximum absolute atomic E-state index is 14.8. The lowest BCUT2D eigenvalue weighted by Gasteiger charge is -2.17. The van der Waals surface area contributed by atoms with Gasteiger partial charge in [-0.15, -0.1) is 0 Å². The van der Waals surface area contributed by atoms with Gasteiger partial charge in [0.15, 0.2) is 17.3 Å². The SMILES string of the molecule is CN(C)CC(=O)N(C)c1n[nH]c2nc(C(=CN)c3ccccn3)c(F)cc12. The zero-order valence-corrected chi connectivity index (χ0v) is 15.3. The van der Waals surface area contributed by atoms with Crippen LogP contribution in [0, 0.1) is 5.82 Å². The van der Waals surface area contributed by atoms with E-state index in [1.165, 1.54) is 17.2 Å². The number of rotatable bonds is 5. The second kappa shape index (κ2) is 7.50. The smallest absolute Gasteiger partial charge is 0.242 e. The van der Waals surface area contributed by atoms with E-state index in [1.54, 1.807) is 50.4 Å². The van der Waals surface area contributed by atoms with E-state index in [9.17, 15) is 9.18 Å². The highest BCUT2D eigenvalue weighted by molar-refractivity contribution is 6.01. The van der Waals surface area contributed by atoms with Crippen LogP contribution in [0.2, 0.25) is 0 Å². The number of anilines is 1. The van der Waals surface area contributed by atoms with Gasteiger partial charge in [0.25, 0.3) is 0 Å². The molecule has 0 aliphatic carbocycles. The summed E-state index contributed by atoms with van der Waals surface area (Å²) in [4.78, 5) is 23.9. The summed E-state index contributed by atoms with van der Waals surface area (Å²) in [6.07, 6.45) is 2.86. The molecular weight excluding hydrogens is 349 g/mol. The highest BCUT2D eigenvalue weighted by atomic mass is 19.1. The first-order chi connectivity index (χ1) is 12.9. The summed E-state index contributed by atoms with van der Waals surface area (Å²) in [5.74, 6) is -0.444. The molecule has 3 heterocycles. The standard InChI is InChI=1S/C18H20FN7O/c1-25(2)10-15(27)26(3)18-11-8-13(19)16(22-17(11)23-24-18)12(9-20)14-6-4-5-7-21-14/h4-9H,10,20H2,1-3H3,(H,22,23,24). The number of likely N-dealkylation sites (N-methyl/N-ethyl adjacent to an activating group) is 2. The van der Waals surface area contributed by atoms with Crippen LogP contribution in [0.25, 0.3) is 16.6 Å². The summed E-state index contributed by atoms with van der Waals surface area (Å²) >= 11 is 0. The highest BCUT2D eigenvalue weighted by Crippen LogP contribution is 2.28. The van der Waals surface area contributed by atoms with Crippen LogP contribution in [0.1, 0.15) is 11.4 Å². The molecule has 0 bridgehead atoms. The lowest BCUT2D eigenvalue weighted by atomic mass is 10.1. The van der Waals surface area contributed by atoms with E-state index in [-0.39, 0.29) is 18.1 Å². The summed E-state index contributed by atoms with van der Waals surface area (Å²) in [5.41, 5.74) is 6.97. The molecule has 9 heteroatoms. The minimum absolute atomic E-state index is 0.0566. The number of aromatic nitrogens is 4. The van der Waals surface area contributed by atoms with E-state index in [0.717, 1.165) is 0 Å². The molecule has 0 saturated heterocycles. The van der Waals surface area contributed by atoms with E-state index >= 15 is 0 Å². The van der Waals surface area contributed by atoms with Crippen molar-refractivity contribution in [3.05, 3.63) is 53.9 Å². The number of nitrogens with one attached hydrogen (secondary N) is 1. The number of carbonyl (C=O) groups excluding carboxylic acids is 1. The van der Waals surface area contributed by atoms with Crippen molar-refractivity contribution in [2.24, 2.45) is 5.73 Å². The molecule has 140 valence electrons. The van der Waals surface area contributed by atoms with Crippen LogP contribution in [-0.2, 0) is 4.79 Å². The van der Waals surface area contributed by atoms with Crippen LogP contribution < -0.4 is 10.6 Å². The predicted molar refractivity (Wildman–Crippen MR) is 101 cm³/mol. The molecular formula is C18H20FN7O. The highest BCUT2D eigenvalue weighted by Gasteiger charge is 2.21.